The second kappa shape index (κ2) is 7.27. The van der Waals surface area contributed by atoms with E-state index in [9.17, 15) is 4.79 Å². The molecule has 126 valence electrons. The normalized spacial score (nSPS) is 14.8. The van der Waals surface area contributed by atoms with Gasteiger partial charge in [0, 0.05) is 36.9 Å². The maximum Gasteiger partial charge on any atom is 0.227 e. The predicted molar refractivity (Wildman–Crippen MR) is 99.9 cm³/mol. The lowest BCUT2D eigenvalue weighted by Crippen LogP contribution is -2.49. The van der Waals surface area contributed by atoms with Crippen molar-refractivity contribution in [2.24, 2.45) is 0 Å². The molecule has 3 nitrogen and oxygen atoms in total. The van der Waals surface area contributed by atoms with Crippen molar-refractivity contribution in [3.05, 3.63) is 64.2 Å². The van der Waals surface area contributed by atoms with Crippen molar-refractivity contribution in [3.63, 3.8) is 0 Å². The van der Waals surface area contributed by atoms with Gasteiger partial charge in [-0.2, -0.15) is 0 Å². The van der Waals surface area contributed by atoms with Gasteiger partial charge < -0.3 is 9.80 Å². The van der Waals surface area contributed by atoms with Crippen LogP contribution in [0.2, 0.25) is 5.02 Å². The number of anilines is 1. The Labute approximate surface area is 148 Å². The number of rotatable bonds is 3. The van der Waals surface area contributed by atoms with Crippen LogP contribution >= 0.6 is 11.6 Å². The number of amides is 1. The molecule has 4 heteroatoms. The second-order valence-corrected chi connectivity index (χ2v) is 6.76. The van der Waals surface area contributed by atoms with Crippen molar-refractivity contribution in [2.45, 2.75) is 20.3 Å². The average Bonchev–Trinajstić information content (AvgIpc) is 2.59. The van der Waals surface area contributed by atoms with Crippen LogP contribution in [0.3, 0.4) is 0 Å². The molecule has 1 aliphatic rings. The zero-order chi connectivity index (χ0) is 17.1. The van der Waals surface area contributed by atoms with E-state index in [4.69, 9.17) is 11.6 Å². The van der Waals surface area contributed by atoms with Gasteiger partial charge in [0.1, 0.15) is 0 Å². The van der Waals surface area contributed by atoms with Crippen molar-refractivity contribution < 1.29 is 4.79 Å². The molecule has 0 saturated carbocycles. The molecule has 0 atom stereocenters. The summed E-state index contributed by atoms with van der Waals surface area (Å²) in [6.07, 6.45) is 0.378. The highest BCUT2D eigenvalue weighted by Crippen LogP contribution is 2.24. The van der Waals surface area contributed by atoms with Crippen LogP contribution in [0.15, 0.2) is 42.5 Å². The summed E-state index contributed by atoms with van der Waals surface area (Å²) in [7, 11) is 0. The summed E-state index contributed by atoms with van der Waals surface area (Å²) in [6.45, 7) is 7.58. The molecule has 1 amide bonds. The Morgan fingerprint density at radius 2 is 1.71 bits per heavy atom. The van der Waals surface area contributed by atoms with Crippen molar-refractivity contribution in [2.75, 3.05) is 31.1 Å². The van der Waals surface area contributed by atoms with Gasteiger partial charge in [-0.25, -0.2) is 0 Å². The molecule has 1 aliphatic heterocycles. The minimum absolute atomic E-state index is 0.156. The van der Waals surface area contributed by atoms with Crippen LogP contribution in [0, 0.1) is 13.8 Å². The Bertz CT molecular complexity index is 736. The van der Waals surface area contributed by atoms with E-state index in [1.165, 1.54) is 16.8 Å². The van der Waals surface area contributed by atoms with E-state index in [1.54, 1.807) is 0 Å². The summed E-state index contributed by atoms with van der Waals surface area (Å²) in [6, 6.07) is 14.0. The van der Waals surface area contributed by atoms with Crippen LogP contribution in [-0.4, -0.2) is 37.0 Å². The fourth-order valence-corrected chi connectivity index (χ4v) is 3.39. The highest BCUT2D eigenvalue weighted by atomic mass is 35.5. The summed E-state index contributed by atoms with van der Waals surface area (Å²) >= 11 is 6.16. The minimum atomic E-state index is 0.156. The van der Waals surface area contributed by atoms with Gasteiger partial charge in [0.25, 0.3) is 0 Å². The molecule has 1 heterocycles. The van der Waals surface area contributed by atoms with Crippen LogP contribution in [0.5, 0.6) is 0 Å². The molecule has 0 spiro atoms. The zero-order valence-electron chi connectivity index (χ0n) is 14.3. The van der Waals surface area contributed by atoms with Gasteiger partial charge in [-0.05, 0) is 42.7 Å². The first kappa shape index (κ1) is 16.8. The molecule has 0 N–H and O–H groups in total. The van der Waals surface area contributed by atoms with Crippen LogP contribution < -0.4 is 4.90 Å². The molecule has 2 aromatic rings. The van der Waals surface area contributed by atoms with Gasteiger partial charge in [0.15, 0.2) is 0 Å². The Hall–Kier alpha value is -2.00. The predicted octanol–water partition coefficient (Wildman–Crippen LogP) is 3.85. The monoisotopic (exact) mass is 342 g/mol. The number of carbonyl (C=O) groups is 1. The van der Waals surface area contributed by atoms with Crippen molar-refractivity contribution in [1.29, 1.82) is 0 Å². The largest absolute Gasteiger partial charge is 0.368 e. The Morgan fingerprint density at radius 1 is 1.00 bits per heavy atom. The number of benzene rings is 2. The summed E-state index contributed by atoms with van der Waals surface area (Å²) in [5, 5.41) is 0.667. The first-order chi connectivity index (χ1) is 11.6. The Morgan fingerprint density at radius 3 is 2.42 bits per heavy atom. The highest BCUT2D eigenvalue weighted by Gasteiger charge is 2.22. The molecule has 0 radical (unpaired) electrons. The third kappa shape index (κ3) is 3.57. The fraction of sp³-hybridized carbons (Fsp3) is 0.350. The number of aryl methyl sites for hydroxylation is 1. The van der Waals surface area contributed by atoms with Gasteiger partial charge in [0.2, 0.25) is 5.91 Å². The maximum atomic E-state index is 12.5. The topological polar surface area (TPSA) is 23.6 Å². The summed E-state index contributed by atoms with van der Waals surface area (Å²) in [4.78, 5) is 16.9. The number of halogens is 1. The third-order valence-electron chi connectivity index (χ3n) is 4.85. The Kier molecular flexibility index (Phi) is 5.10. The highest BCUT2D eigenvalue weighted by molar-refractivity contribution is 6.31. The number of nitrogens with zero attached hydrogens (tertiary/aromatic N) is 2. The lowest BCUT2D eigenvalue weighted by Gasteiger charge is -2.37. The van der Waals surface area contributed by atoms with Gasteiger partial charge in [0.05, 0.1) is 6.42 Å². The number of piperazine rings is 1. The molecular weight excluding hydrogens is 320 g/mol. The fourth-order valence-electron chi connectivity index (χ4n) is 3.19. The van der Waals surface area contributed by atoms with Crippen molar-refractivity contribution >= 4 is 23.2 Å². The quantitative estimate of drug-likeness (QED) is 0.846. The molecule has 0 unspecified atom stereocenters. The molecule has 0 bridgehead atoms. The van der Waals surface area contributed by atoms with E-state index in [2.05, 4.69) is 36.9 Å². The summed E-state index contributed by atoms with van der Waals surface area (Å²) in [5.74, 6) is 0.156. The van der Waals surface area contributed by atoms with Crippen LogP contribution in [0.1, 0.15) is 16.7 Å². The van der Waals surface area contributed by atoms with Gasteiger partial charge >= 0.3 is 0 Å². The van der Waals surface area contributed by atoms with E-state index in [-0.39, 0.29) is 5.91 Å². The third-order valence-corrected chi connectivity index (χ3v) is 5.22. The van der Waals surface area contributed by atoms with Crippen molar-refractivity contribution in [3.8, 4) is 0 Å². The number of hydrogen-bond donors (Lipinski definition) is 0. The molecule has 1 saturated heterocycles. The van der Waals surface area contributed by atoms with Crippen LogP contribution in [-0.2, 0) is 11.2 Å². The zero-order valence-corrected chi connectivity index (χ0v) is 15.0. The van der Waals surface area contributed by atoms with Crippen LogP contribution in [0.4, 0.5) is 5.69 Å². The lowest BCUT2D eigenvalue weighted by atomic mass is 10.1. The van der Waals surface area contributed by atoms with E-state index in [0.717, 1.165) is 31.7 Å². The van der Waals surface area contributed by atoms with E-state index < -0.39 is 0 Å². The second-order valence-electron chi connectivity index (χ2n) is 6.36. The molecule has 3 rings (SSSR count). The molecule has 1 fully saturated rings. The van der Waals surface area contributed by atoms with Crippen LogP contribution in [0.25, 0.3) is 0 Å². The molecular formula is C20H23ClN2O. The maximum absolute atomic E-state index is 12.5. The van der Waals surface area contributed by atoms with Crippen molar-refractivity contribution in [1.82, 2.24) is 4.90 Å². The van der Waals surface area contributed by atoms with E-state index in [1.807, 2.05) is 29.2 Å². The lowest BCUT2D eigenvalue weighted by molar-refractivity contribution is -0.130. The average molecular weight is 343 g/mol. The van der Waals surface area contributed by atoms with E-state index >= 15 is 0 Å². The first-order valence-electron chi connectivity index (χ1n) is 8.38. The number of hydrogen-bond acceptors (Lipinski definition) is 2. The van der Waals surface area contributed by atoms with Gasteiger partial charge in [-0.15, -0.1) is 0 Å². The first-order valence-corrected chi connectivity index (χ1v) is 8.76. The standard InChI is InChI=1S/C20H23ClN2O/c1-15-6-5-9-19(16(15)2)22-10-12-23(13-11-22)20(24)14-17-7-3-4-8-18(17)21/h3-9H,10-14H2,1-2H3. The van der Waals surface area contributed by atoms with E-state index in [0.29, 0.717) is 11.4 Å². The van der Waals surface area contributed by atoms with Gasteiger partial charge in [-0.3, -0.25) is 4.79 Å². The smallest absolute Gasteiger partial charge is 0.227 e. The molecule has 0 aliphatic carbocycles. The summed E-state index contributed by atoms with van der Waals surface area (Å²) in [5.41, 5.74) is 4.83. The minimum Gasteiger partial charge on any atom is -0.368 e. The molecule has 24 heavy (non-hydrogen) atoms. The molecule has 0 aromatic heterocycles. The number of carbonyl (C=O) groups excluding carboxylic acids is 1. The van der Waals surface area contributed by atoms with Gasteiger partial charge in [-0.1, -0.05) is 41.9 Å². The molecule has 2 aromatic carbocycles. The Balaban J connectivity index is 1.62. The SMILES string of the molecule is Cc1cccc(N2CCN(C(=O)Cc3ccccc3Cl)CC2)c1C. The summed E-state index contributed by atoms with van der Waals surface area (Å²) < 4.78 is 0.